The second-order valence-electron chi connectivity index (χ2n) is 2.79. The van der Waals surface area contributed by atoms with Crippen molar-refractivity contribution in [2.45, 2.75) is 0 Å². The molecule has 1 aromatic rings. The number of carbonyl (C=O) groups is 1. The lowest BCUT2D eigenvalue weighted by Gasteiger charge is -2.06. The molecule has 5 heteroatoms. The summed E-state index contributed by atoms with van der Waals surface area (Å²) in [6.45, 7) is 0.557. The minimum atomic E-state index is -1.05. The Morgan fingerprint density at radius 1 is 1.60 bits per heavy atom. The zero-order valence-electron chi connectivity index (χ0n) is 8.20. The molecule has 0 fully saturated rings. The lowest BCUT2D eigenvalue weighted by atomic mass is 10.2. The SMILES string of the molecule is CSCCOc1ccc(Cl)c(C(=O)O)c1. The fraction of sp³-hybridized carbons (Fsp3) is 0.300. The van der Waals surface area contributed by atoms with E-state index in [0.717, 1.165) is 5.75 Å². The molecular formula is C10H11ClO3S. The van der Waals surface area contributed by atoms with Gasteiger partial charge in [0.15, 0.2) is 0 Å². The third-order valence-corrected chi connectivity index (χ3v) is 2.63. The molecule has 1 aromatic carbocycles. The van der Waals surface area contributed by atoms with E-state index < -0.39 is 5.97 Å². The summed E-state index contributed by atoms with van der Waals surface area (Å²) in [5.74, 6) is 0.353. The van der Waals surface area contributed by atoms with Crippen molar-refractivity contribution in [3.63, 3.8) is 0 Å². The van der Waals surface area contributed by atoms with E-state index in [0.29, 0.717) is 12.4 Å². The number of halogens is 1. The molecule has 0 aliphatic carbocycles. The predicted molar refractivity (Wildman–Crippen MR) is 62.3 cm³/mol. The van der Waals surface area contributed by atoms with Crippen molar-refractivity contribution in [2.75, 3.05) is 18.6 Å². The highest BCUT2D eigenvalue weighted by molar-refractivity contribution is 7.98. The van der Waals surface area contributed by atoms with E-state index in [4.69, 9.17) is 21.4 Å². The monoisotopic (exact) mass is 246 g/mol. The summed E-state index contributed by atoms with van der Waals surface area (Å²) in [5.41, 5.74) is 0.0679. The number of rotatable bonds is 5. The molecular weight excluding hydrogens is 236 g/mol. The molecule has 0 amide bonds. The highest BCUT2D eigenvalue weighted by Crippen LogP contribution is 2.22. The Hall–Kier alpha value is -0.870. The van der Waals surface area contributed by atoms with Crippen molar-refractivity contribution >= 4 is 29.3 Å². The molecule has 0 aliphatic heterocycles. The lowest BCUT2D eigenvalue weighted by Crippen LogP contribution is -2.02. The van der Waals surface area contributed by atoms with Gasteiger partial charge in [0, 0.05) is 5.75 Å². The highest BCUT2D eigenvalue weighted by Gasteiger charge is 2.09. The lowest BCUT2D eigenvalue weighted by molar-refractivity contribution is 0.0696. The number of hydrogen-bond acceptors (Lipinski definition) is 3. The second-order valence-corrected chi connectivity index (χ2v) is 4.18. The number of benzene rings is 1. The molecule has 0 saturated heterocycles. The van der Waals surface area contributed by atoms with E-state index >= 15 is 0 Å². The van der Waals surface area contributed by atoms with Crippen LogP contribution in [0.25, 0.3) is 0 Å². The van der Waals surface area contributed by atoms with Crippen LogP contribution >= 0.6 is 23.4 Å². The molecule has 0 aromatic heterocycles. The Morgan fingerprint density at radius 3 is 2.93 bits per heavy atom. The van der Waals surface area contributed by atoms with Crippen molar-refractivity contribution in [3.05, 3.63) is 28.8 Å². The molecule has 3 nitrogen and oxygen atoms in total. The fourth-order valence-corrected chi connectivity index (χ4v) is 1.45. The smallest absolute Gasteiger partial charge is 0.337 e. The van der Waals surface area contributed by atoms with E-state index in [1.165, 1.54) is 12.1 Å². The van der Waals surface area contributed by atoms with Gasteiger partial charge in [0.05, 0.1) is 17.2 Å². The number of carboxylic acid groups (broad SMARTS) is 1. The van der Waals surface area contributed by atoms with Gasteiger partial charge in [-0.1, -0.05) is 11.6 Å². The number of hydrogen-bond donors (Lipinski definition) is 1. The molecule has 0 saturated carbocycles. The molecule has 0 spiro atoms. The van der Waals surface area contributed by atoms with Crippen LogP contribution in [0.3, 0.4) is 0 Å². The normalized spacial score (nSPS) is 10.0. The van der Waals surface area contributed by atoms with Crippen LogP contribution in [-0.4, -0.2) is 29.7 Å². The Balaban J connectivity index is 2.74. The summed E-state index contributed by atoms with van der Waals surface area (Å²) in [6.07, 6.45) is 1.98. The van der Waals surface area contributed by atoms with Gasteiger partial charge < -0.3 is 9.84 Å². The molecule has 15 heavy (non-hydrogen) atoms. The number of thioether (sulfide) groups is 1. The molecule has 0 radical (unpaired) electrons. The first-order valence-corrected chi connectivity index (χ1v) is 6.07. The molecule has 0 aliphatic rings. The molecule has 0 heterocycles. The maximum absolute atomic E-state index is 10.8. The topological polar surface area (TPSA) is 46.5 Å². The van der Waals surface area contributed by atoms with Gasteiger partial charge in [-0.05, 0) is 24.5 Å². The zero-order chi connectivity index (χ0) is 11.3. The van der Waals surface area contributed by atoms with Gasteiger partial charge in [-0.15, -0.1) is 0 Å². The number of carboxylic acids is 1. The molecule has 82 valence electrons. The average Bonchev–Trinajstić information content (AvgIpc) is 2.20. The van der Waals surface area contributed by atoms with Crippen LogP contribution in [0.1, 0.15) is 10.4 Å². The summed E-state index contributed by atoms with van der Waals surface area (Å²) >= 11 is 7.38. The quantitative estimate of drug-likeness (QED) is 0.812. The van der Waals surface area contributed by atoms with E-state index in [1.807, 2.05) is 6.26 Å². The van der Waals surface area contributed by atoms with Crippen molar-refractivity contribution in [1.82, 2.24) is 0 Å². The number of aromatic carboxylic acids is 1. The van der Waals surface area contributed by atoms with Gasteiger partial charge >= 0.3 is 5.97 Å². The van der Waals surface area contributed by atoms with Crippen molar-refractivity contribution in [1.29, 1.82) is 0 Å². The first kappa shape index (κ1) is 12.2. The van der Waals surface area contributed by atoms with Gasteiger partial charge in [0.1, 0.15) is 5.75 Å². The summed E-state index contributed by atoms with van der Waals surface area (Å²) in [5, 5.41) is 9.04. The van der Waals surface area contributed by atoms with Crippen LogP contribution in [0, 0.1) is 0 Å². The first-order valence-electron chi connectivity index (χ1n) is 4.29. The van der Waals surface area contributed by atoms with Crippen LogP contribution < -0.4 is 4.74 Å². The van der Waals surface area contributed by atoms with E-state index in [2.05, 4.69) is 0 Å². The summed E-state index contributed by atoms with van der Waals surface area (Å²) in [7, 11) is 0. The van der Waals surface area contributed by atoms with Crippen LogP contribution in [0.5, 0.6) is 5.75 Å². The fourth-order valence-electron chi connectivity index (χ4n) is 1.00. The Morgan fingerprint density at radius 2 is 2.33 bits per heavy atom. The van der Waals surface area contributed by atoms with Crippen LogP contribution in [0.4, 0.5) is 0 Å². The Labute approximate surface area is 97.4 Å². The maximum Gasteiger partial charge on any atom is 0.337 e. The third-order valence-electron chi connectivity index (χ3n) is 1.72. The largest absolute Gasteiger partial charge is 0.493 e. The maximum atomic E-state index is 10.8. The van der Waals surface area contributed by atoms with Gasteiger partial charge in [0.2, 0.25) is 0 Å². The van der Waals surface area contributed by atoms with Gasteiger partial charge in [-0.3, -0.25) is 0 Å². The minimum Gasteiger partial charge on any atom is -0.493 e. The summed E-state index contributed by atoms with van der Waals surface area (Å²) in [4.78, 5) is 10.8. The third kappa shape index (κ3) is 3.64. The van der Waals surface area contributed by atoms with E-state index in [1.54, 1.807) is 17.8 Å². The Kier molecular flexibility index (Phi) is 4.78. The van der Waals surface area contributed by atoms with Gasteiger partial charge in [-0.25, -0.2) is 4.79 Å². The zero-order valence-corrected chi connectivity index (χ0v) is 9.77. The van der Waals surface area contributed by atoms with Crippen LogP contribution in [-0.2, 0) is 0 Å². The van der Waals surface area contributed by atoms with Crippen molar-refractivity contribution in [3.8, 4) is 5.75 Å². The van der Waals surface area contributed by atoms with E-state index in [9.17, 15) is 4.79 Å². The van der Waals surface area contributed by atoms with Crippen LogP contribution in [0.2, 0.25) is 5.02 Å². The first-order chi connectivity index (χ1) is 7.15. The molecule has 0 unspecified atom stereocenters. The Bertz CT molecular complexity index is 355. The highest BCUT2D eigenvalue weighted by atomic mass is 35.5. The van der Waals surface area contributed by atoms with Gasteiger partial charge in [0.25, 0.3) is 0 Å². The second kappa shape index (κ2) is 5.88. The summed E-state index contributed by atoms with van der Waals surface area (Å²) in [6, 6.07) is 4.62. The standard InChI is InChI=1S/C10H11ClO3S/c1-15-5-4-14-7-2-3-9(11)8(6-7)10(12)13/h2-3,6H,4-5H2,1H3,(H,12,13). The average molecular weight is 247 g/mol. The summed E-state index contributed by atoms with van der Waals surface area (Å²) < 4.78 is 5.35. The van der Waals surface area contributed by atoms with E-state index in [-0.39, 0.29) is 10.6 Å². The minimum absolute atomic E-state index is 0.0679. The van der Waals surface area contributed by atoms with Gasteiger partial charge in [-0.2, -0.15) is 11.8 Å². The number of ether oxygens (including phenoxy) is 1. The molecule has 1 rings (SSSR count). The predicted octanol–water partition coefficient (Wildman–Crippen LogP) is 2.78. The molecule has 0 bridgehead atoms. The van der Waals surface area contributed by atoms with Crippen molar-refractivity contribution < 1.29 is 14.6 Å². The molecule has 0 atom stereocenters. The van der Waals surface area contributed by atoms with Crippen LogP contribution in [0.15, 0.2) is 18.2 Å². The molecule has 1 N–H and O–H groups in total. The van der Waals surface area contributed by atoms with Crippen molar-refractivity contribution in [2.24, 2.45) is 0 Å².